The fourth-order valence-electron chi connectivity index (χ4n) is 8.19. The van der Waals surface area contributed by atoms with Crippen LogP contribution in [0.3, 0.4) is 0 Å². The van der Waals surface area contributed by atoms with Crippen molar-refractivity contribution in [3.63, 3.8) is 0 Å². The van der Waals surface area contributed by atoms with Gasteiger partial charge in [-0.3, -0.25) is 0 Å². The summed E-state index contributed by atoms with van der Waals surface area (Å²) in [5.74, 6) is 1.32. The number of rotatable bonds is 8. The molecule has 278 valence electrons. The fraction of sp³-hybridized carbons (Fsp3) is 0. The summed E-state index contributed by atoms with van der Waals surface area (Å²) in [6.45, 7) is 0. The molecule has 0 aliphatic rings. The van der Waals surface area contributed by atoms with Gasteiger partial charge in [-0.1, -0.05) is 54.6 Å². The third kappa shape index (κ3) is 6.07. The Morgan fingerprint density at radius 1 is 0.390 bits per heavy atom. The number of anilines is 3. The summed E-state index contributed by atoms with van der Waals surface area (Å²) in [6, 6.07) is 62.1. The molecular formula is C51H34N8. The number of para-hydroxylation sites is 2. The molecule has 8 heteroatoms. The SMILES string of the molecule is c1ccc(-n2ccc3c4c5cc(-c6ccc(N(c7ccc(-c8ncccn8)cc7)c7ccc(-c8ncncn8)cc7)cc6)ccc5n(-c5ccccc5)c4ccc32)cc1. The van der Waals surface area contributed by atoms with Gasteiger partial charge in [-0.2, -0.15) is 0 Å². The third-order valence-corrected chi connectivity index (χ3v) is 10.9. The first-order valence-corrected chi connectivity index (χ1v) is 19.5. The zero-order chi connectivity index (χ0) is 39.1. The molecule has 0 fully saturated rings. The van der Waals surface area contributed by atoms with E-state index in [1.54, 1.807) is 12.4 Å². The lowest BCUT2D eigenvalue weighted by Gasteiger charge is -2.26. The van der Waals surface area contributed by atoms with Gasteiger partial charge in [-0.15, -0.1) is 0 Å². The van der Waals surface area contributed by atoms with E-state index >= 15 is 0 Å². The van der Waals surface area contributed by atoms with Crippen LogP contribution in [-0.4, -0.2) is 34.1 Å². The Balaban J connectivity index is 1.02. The first-order chi connectivity index (χ1) is 29.3. The number of hydrogen-bond acceptors (Lipinski definition) is 6. The van der Waals surface area contributed by atoms with Crippen molar-refractivity contribution in [3.8, 4) is 45.3 Å². The number of benzene rings is 7. The van der Waals surface area contributed by atoms with E-state index in [4.69, 9.17) is 0 Å². The van der Waals surface area contributed by atoms with Crippen LogP contribution in [0, 0.1) is 0 Å². The summed E-state index contributed by atoms with van der Waals surface area (Å²) < 4.78 is 4.66. The molecule has 11 aromatic rings. The van der Waals surface area contributed by atoms with Crippen LogP contribution in [-0.2, 0) is 0 Å². The van der Waals surface area contributed by atoms with E-state index < -0.39 is 0 Å². The van der Waals surface area contributed by atoms with Crippen molar-refractivity contribution in [3.05, 3.63) is 207 Å². The third-order valence-electron chi connectivity index (χ3n) is 10.9. The highest BCUT2D eigenvalue weighted by molar-refractivity contribution is 6.21. The average Bonchev–Trinajstić information content (AvgIpc) is 3.90. The second-order valence-electron chi connectivity index (χ2n) is 14.3. The molecule has 4 heterocycles. The minimum atomic E-state index is 0.632. The van der Waals surface area contributed by atoms with Crippen LogP contribution in [0.2, 0.25) is 0 Å². The van der Waals surface area contributed by atoms with E-state index in [9.17, 15) is 0 Å². The molecule has 11 rings (SSSR count). The highest BCUT2D eigenvalue weighted by Crippen LogP contribution is 2.41. The average molecular weight is 759 g/mol. The van der Waals surface area contributed by atoms with Crippen molar-refractivity contribution in [1.29, 1.82) is 0 Å². The Morgan fingerprint density at radius 3 is 1.54 bits per heavy atom. The van der Waals surface area contributed by atoms with Crippen LogP contribution in [0.4, 0.5) is 17.1 Å². The molecule has 0 saturated heterocycles. The van der Waals surface area contributed by atoms with E-state index in [0.717, 1.165) is 50.7 Å². The molecule has 7 aromatic carbocycles. The molecule has 0 aliphatic heterocycles. The highest BCUT2D eigenvalue weighted by Gasteiger charge is 2.19. The van der Waals surface area contributed by atoms with Crippen LogP contribution in [0.5, 0.6) is 0 Å². The fourth-order valence-corrected chi connectivity index (χ4v) is 8.19. The van der Waals surface area contributed by atoms with Gasteiger partial charge in [-0.25, -0.2) is 24.9 Å². The van der Waals surface area contributed by atoms with Crippen LogP contribution in [0.1, 0.15) is 0 Å². The zero-order valence-electron chi connectivity index (χ0n) is 31.7. The Kier molecular flexibility index (Phi) is 8.29. The molecule has 0 atom stereocenters. The van der Waals surface area contributed by atoms with Crippen LogP contribution < -0.4 is 4.90 Å². The minimum absolute atomic E-state index is 0.632. The quantitative estimate of drug-likeness (QED) is 0.154. The van der Waals surface area contributed by atoms with Gasteiger partial charge < -0.3 is 14.0 Å². The van der Waals surface area contributed by atoms with Crippen LogP contribution >= 0.6 is 0 Å². The second-order valence-corrected chi connectivity index (χ2v) is 14.3. The molecule has 0 spiro atoms. The van der Waals surface area contributed by atoms with Gasteiger partial charge >= 0.3 is 0 Å². The highest BCUT2D eigenvalue weighted by atomic mass is 15.1. The minimum Gasteiger partial charge on any atom is -0.317 e. The molecule has 0 N–H and O–H groups in total. The van der Waals surface area contributed by atoms with Crippen molar-refractivity contribution in [2.45, 2.75) is 0 Å². The molecule has 0 aliphatic carbocycles. The largest absolute Gasteiger partial charge is 0.317 e. The first-order valence-electron chi connectivity index (χ1n) is 19.5. The molecule has 4 aromatic heterocycles. The van der Waals surface area contributed by atoms with Crippen molar-refractivity contribution in [1.82, 2.24) is 34.1 Å². The van der Waals surface area contributed by atoms with Crippen LogP contribution in [0.15, 0.2) is 207 Å². The summed E-state index contributed by atoms with van der Waals surface area (Å²) >= 11 is 0. The number of aromatic nitrogens is 7. The van der Waals surface area contributed by atoms with E-state index in [-0.39, 0.29) is 0 Å². The molecule has 0 bridgehead atoms. The predicted octanol–water partition coefficient (Wildman–Crippen LogP) is 12.2. The van der Waals surface area contributed by atoms with Gasteiger partial charge in [0.2, 0.25) is 0 Å². The molecule has 0 radical (unpaired) electrons. The molecule has 8 nitrogen and oxygen atoms in total. The monoisotopic (exact) mass is 758 g/mol. The summed E-state index contributed by atoms with van der Waals surface area (Å²) in [7, 11) is 0. The number of nitrogens with zero attached hydrogens (tertiary/aromatic N) is 8. The molecule has 0 amide bonds. The Labute approximate surface area is 340 Å². The topological polar surface area (TPSA) is 77.6 Å². The maximum absolute atomic E-state index is 4.45. The Bertz CT molecular complexity index is 3130. The van der Waals surface area contributed by atoms with E-state index in [0.29, 0.717) is 11.6 Å². The summed E-state index contributed by atoms with van der Waals surface area (Å²) in [6.07, 6.45) is 8.75. The van der Waals surface area contributed by atoms with Crippen molar-refractivity contribution < 1.29 is 0 Å². The van der Waals surface area contributed by atoms with Gasteiger partial charge in [-0.05, 0) is 132 Å². The molecular weight excluding hydrogens is 725 g/mol. The maximum atomic E-state index is 4.45. The Morgan fingerprint density at radius 2 is 0.915 bits per heavy atom. The van der Waals surface area contributed by atoms with Gasteiger partial charge in [0, 0.05) is 74.3 Å². The second kappa shape index (κ2) is 14.4. The lowest BCUT2D eigenvalue weighted by atomic mass is 10.0. The first kappa shape index (κ1) is 34.1. The molecule has 0 saturated carbocycles. The van der Waals surface area contributed by atoms with Crippen molar-refractivity contribution in [2.75, 3.05) is 4.90 Å². The van der Waals surface area contributed by atoms with Gasteiger partial charge in [0.25, 0.3) is 0 Å². The Hall–Kier alpha value is -8.23. The maximum Gasteiger partial charge on any atom is 0.162 e. The predicted molar refractivity (Wildman–Crippen MR) is 238 cm³/mol. The summed E-state index contributed by atoms with van der Waals surface area (Å²) in [5.41, 5.74) is 13.0. The molecule has 0 unspecified atom stereocenters. The number of fused-ring (bicyclic) bond motifs is 5. The van der Waals surface area contributed by atoms with Gasteiger partial charge in [0.15, 0.2) is 11.6 Å². The molecule has 59 heavy (non-hydrogen) atoms. The summed E-state index contributed by atoms with van der Waals surface area (Å²) in [5, 5.41) is 3.68. The lowest BCUT2D eigenvalue weighted by Crippen LogP contribution is -2.10. The standard InChI is InChI=1S/C51H34N8/c1-3-8-39(9-4-1)57-31-28-44-46(57)26-27-48-49(44)45-32-38(18-25-47(45)59(48)40-10-5-2-6-11-40)35-12-19-41(20-13-35)58(42-21-14-36(15-22-42)50-53-29-7-30-54-50)43-23-16-37(17-24-43)51-55-33-52-34-56-51/h1-34H. The normalized spacial score (nSPS) is 11.4. The van der Waals surface area contributed by atoms with E-state index in [1.165, 1.54) is 45.4 Å². The summed E-state index contributed by atoms with van der Waals surface area (Å²) in [4.78, 5) is 23.8. The van der Waals surface area contributed by atoms with Crippen molar-refractivity contribution in [2.24, 2.45) is 0 Å². The smallest absolute Gasteiger partial charge is 0.162 e. The van der Waals surface area contributed by atoms with Gasteiger partial charge in [0.1, 0.15) is 12.7 Å². The van der Waals surface area contributed by atoms with E-state index in [1.807, 2.05) is 18.2 Å². The lowest BCUT2D eigenvalue weighted by molar-refractivity contribution is 1.06. The number of hydrogen-bond donors (Lipinski definition) is 0. The van der Waals surface area contributed by atoms with Crippen molar-refractivity contribution >= 4 is 49.8 Å². The van der Waals surface area contributed by atoms with Gasteiger partial charge in [0.05, 0.1) is 16.6 Å². The zero-order valence-corrected chi connectivity index (χ0v) is 31.7. The van der Waals surface area contributed by atoms with E-state index in [2.05, 4.69) is 203 Å². The van der Waals surface area contributed by atoms with Crippen LogP contribution in [0.25, 0.3) is 78.0 Å².